The van der Waals surface area contributed by atoms with Gasteiger partial charge in [-0.25, -0.2) is 4.98 Å². The summed E-state index contributed by atoms with van der Waals surface area (Å²) < 4.78 is 0. The van der Waals surface area contributed by atoms with Gasteiger partial charge < -0.3 is 5.73 Å². The van der Waals surface area contributed by atoms with E-state index in [0.29, 0.717) is 5.69 Å². The van der Waals surface area contributed by atoms with Gasteiger partial charge in [-0.05, 0) is 48.1 Å². The normalized spacial score (nSPS) is 11.1. The highest BCUT2D eigenvalue weighted by molar-refractivity contribution is 5.91. The molecule has 28 heavy (non-hydrogen) atoms. The van der Waals surface area contributed by atoms with Crippen LogP contribution in [0.5, 0.6) is 0 Å². The van der Waals surface area contributed by atoms with E-state index in [1.54, 1.807) is 6.20 Å². The number of rotatable bonds is 5. The third-order valence-electron chi connectivity index (χ3n) is 5.36. The van der Waals surface area contributed by atoms with E-state index in [4.69, 9.17) is 10.7 Å². The van der Waals surface area contributed by atoms with Gasteiger partial charge in [-0.15, -0.1) is 0 Å². The number of unbranched alkanes of at least 4 members (excludes halogenated alkanes) is 1. The number of hydrogen-bond acceptors (Lipinski definition) is 3. The van der Waals surface area contributed by atoms with E-state index < -0.39 is 0 Å². The van der Waals surface area contributed by atoms with Gasteiger partial charge in [0.25, 0.3) is 0 Å². The molecule has 2 aromatic heterocycles. The van der Waals surface area contributed by atoms with Gasteiger partial charge in [-0.3, -0.25) is 4.98 Å². The minimum absolute atomic E-state index is 0.716. The number of fused-ring (bicyclic) bond motifs is 1. The average Bonchev–Trinajstić information content (AvgIpc) is 2.75. The van der Waals surface area contributed by atoms with E-state index in [9.17, 15) is 0 Å². The van der Waals surface area contributed by atoms with Gasteiger partial charge in [0, 0.05) is 23.3 Å². The van der Waals surface area contributed by atoms with Crippen LogP contribution in [0.4, 0.5) is 5.69 Å². The van der Waals surface area contributed by atoms with Crippen molar-refractivity contribution in [3.05, 3.63) is 78.1 Å². The Morgan fingerprint density at radius 3 is 2.18 bits per heavy atom. The van der Waals surface area contributed by atoms with Crippen LogP contribution < -0.4 is 5.73 Å². The molecule has 0 atom stereocenters. The molecule has 0 saturated heterocycles. The van der Waals surface area contributed by atoms with Crippen molar-refractivity contribution in [1.29, 1.82) is 0 Å². The van der Waals surface area contributed by atoms with E-state index in [1.165, 1.54) is 29.5 Å². The summed E-state index contributed by atoms with van der Waals surface area (Å²) in [4.78, 5) is 8.97. The molecule has 4 rings (SSSR count). The summed E-state index contributed by atoms with van der Waals surface area (Å²) in [7, 11) is 0. The minimum atomic E-state index is 0.716. The van der Waals surface area contributed by atoms with Gasteiger partial charge in [-0.1, -0.05) is 61.9 Å². The summed E-state index contributed by atoms with van der Waals surface area (Å²) >= 11 is 0. The molecule has 0 saturated carbocycles. The third kappa shape index (κ3) is 3.48. The Morgan fingerprint density at radius 1 is 0.857 bits per heavy atom. The fourth-order valence-corrected chi connectivity index (χ4v) is 3.56. The van der Waals surface area contributed by atoms with Crippen molar-refractivity contribution < 1.29 is 0 Å². The number of nitrogens with two attached hydrogens (primary N) is 1. The van der Waals surface area contributed by atoms with Crippen LogP contribution in [0.1, 0.15) is 30.9 Å². The average molecular weight is 367 g/mol. The lowest BCUT2D eigenvalue weighted by molar-refractivity contribution is 0.795. The van der Waals surface area contributed by atoms with Crippen LogP contribution >= 0.6 is 0 Å². The molecule has 0 aliphatic rings. The molecule has 0 spiro atoms. The van der Waals surface area contributed by atoms with Gasteiger partial charge in [-0.2, -0.15) is 0 Å². The first-order chi connectivity index (χ1) is 13.7. The summed E-state index contributed by atoms with van der Waals surface area (Å²) in [5.41, 5.74) is 14.8. The van der Waals surface area contributed by atoms with Crippen molar-refractivity contribution in [2.45, 2.75) is 33.1 Å². The Bertz CT molecular complexity index is 1100. The molecule has 0 amide bonds. The van der Waals surface area contributed by atoms with Crippen LogP contribution in [0, 0.1) is 6.92 Å². The first-order valence-electron chi connectivity index (χ1n) is 9.87. The Morgan fingerprint density at radius 2 is 1.50 bits per heavy atom. The van der Waals surface area contributed by atoms with Crippen LogP contribution in [-0.2, 0) is 6.42 Å². The molecule has 0 aliphatic carbocycles. The molecule has 2 aromatic carbocycles. The van der Waals surface area contributed by atoms with Crippen molar-refractivity contribution >= 4 is 16.6 Å². The number of pyridine rings is 2. The second-order valence-electron chi connectivity index (χ2n) is 7.27. The Kier molecular flexibility index (Phi) is 5.07. The van der Waals surface area contributed by atoms with E-state index >= 15 is 0 Å². The number of aryl methyl sites for hydroxylation is 2. The number of anilines is 1. The molecule has 0 radical (unpaired) electrons. The van der Waals surface area contributed by atoms with E-state index in [0.717, 1.165) is 34.1 Å². The maximum Gasteiger partial charge on any atom is 0.0941 e. The fraction of sp³-hybridized carbons (Fsp3) is 0.200. The van der Waals surface area contributed by atoms with Gasteiger partial charge in [0.15, 0.2) is 0 Å². The lowest BCUT2D eigenvalue weighted by atomic mass is 9.98. The summed E-state index contributed by atoms with van der Waals surface area (Å²) in [5.74, 6) is 0. The Hall–Kier alpha value is -3.20. The molecule has 3 nitrogen and oxygen atoms in total. The lowest BCUT2D eigenvalue weighted by Crippen LogP contribution is -1.99. The molecule has 0 unspecified atom stereocenters. The highest BCUT2D eigenvalue weighted by atomic mass is 14.8. The second kappa shape index (κ2) is 7.81. The van der Waals surface area contributed by atoms with Crippen LogP contribution in [0.25, 0.3) is 33.3 Å². The Labute approximate surface area is 166 Å². The molecule has 0 aliphatic heterocycles. The fourth-order valence-electron chi connectivity index (χ4n) is 3.56. The number of hydrogen-bond donors (Lipinski definition) is 1. The summed E-state index contributed by atoms with van der Waals surface area (Å²) in [6.07, 6.45) is 7.21. The van der Waals surface area contributed by atoms with Crippen LogP contribution in [0.15, 0.2) is 67.0 Å². The predicted octanol–water partition coefficient (Wildman–Crippen LogP) is 6.20. The predicted molar refractivity (Wildman–Crippen MR) is 118 cm³/mol. The summed E-state index contributed by atoms with van der Waals surface area (Å²) in [5, 5.41) is 1.00. The zero-order chi connectivity index (χ0) is 19.5. The van der Waals surface area contributed by atoms with Crippen molar-refractivity contribution in [2.24, 2.45) is 0 Å². The Balaban J connectivity index is 1.65. The zero-order valence-corrected chi connectivity index (χ0v) is 16.4. The number of nitrogens with zero attached hydrogens (tertiary/aromatic N) is 2. The molecule has 140 valence electrons. The summed E-state index contributed by atoms with van der Waals surface area (Å²) in [6, 6.07) is 19.3. The number of nitrogen functional groups attached to an aromatic ring is 1. The monoisotopic (exact) mass is 367 g/mol. The molecule has 0 fully saturated rings. The van der Waals surface area contributed by atoms with Crippen molar-refractivity contribution in [3.8, 4) is 22.4 Å². The van der Waals surface area contributed by atoms with Crippen LogP contribution in [-0.4, -0.2) is 9.97 Å². The first kappa shape index (κ1) is 18.2. The maximum atomic E-state index is 6.40. The molecule has 2 heterocycles. The lowest BCUT2D eigenvalue weighted by Gasteiger charge is -2.12. The van der Waals surface area contributed by atoms with Gasteiger partial charge in [0.2, 0.25) is 0 Å². The highest BCUT2D eigenvalue weighted by Gasteiger charge is 2.11. The zero-order valence-electron chi connectivity index (χ0n) is 16.4. The highest BCUT2D eigenvalue weighted by Crippen LogP contribution is 2.32. The summed E-state index contributed by atoms with van der Waals surface area (Å²) in [6.45, 7) is 4.25. The van der Waals surface area contributed by atoms with Crippen LogP contribution in [0.3, 0.4) is 0 Å². The molecule has 3 heteroatoms. The molecule has 4 aromatic rings. The largest absolute Gasteiger partial charge is 0.397 e. The van der Waals surface area contributed by atoms with E-state index in [-0.39, 0.29) is 0 Å². The van der Waals surface area contributed by atoms with Crippen molar-refractivity contribution in [3.63, 3.8) is 0 Å². The molecule has 0 bridgehead atoms. The smallest absolute Gasteiger partial charge is 0.0941 e. The van der Waals surface area contributed by atoms with Crippen molar-refractivity contribution in [2.75, 3.05) is 5.73 Å². The van der Waals surface area contributed by atoms with Crippen molar-refractivity contribution in [1.82, 2.24) is 9.97 Å². The number of benzene rings is 2. The molecule has 2 N–H and O–H groups in total. The van der Waals surface area contributed by atoms with Gasteiger partial charge in [0.05, 0.1) is 16.9 Å². The quantitative estimate of drug-likeness (QED) is 0.457. The van der Waals surface area contributed by atoms with E-state index in [2.05, 4.69) is 60.4 Å². The minimum Gasteiger partial charge on any atom is -0.397 e. The molecular formula is C25H25N3. The maximum absolute atomic E-state index is 6.40. The third-order valence-corrected chi connectivity index (χ3v) is 5.36. The molecular weight excluding hydrogens is 342 g/mol. The van der Waals surface area contributed by atoms with Gasteiger partial charge >= 0.3 is 0 Å². The standard InChI is InChI=1S/C25H25N3/c1-3-4-5-18-6-8-19(9-7-18)20-10-12-21(13-11-20)25-24(26)17(2)22-16-27-15-14-23(22)28-25/h6-16H,3-5,26H2,1-2H3. The topological polar surface area (TPSA) is 51.8 Å². The first-order valence-corrected chi connectivity index (χ1v) is 9.87. The van der Waals surface area contributed by atoms with Crippen LogP contribution in [0.2, 0.25) is 0 Å². The number of aromatic nitrogens is 2. The van der Waals surface area contributed by atoms with Gasteiger partial charge in [0.1, 0.15) is 0 Å². The second-order valence-corrected chi connectivity index (χ2v) is 7.27. The SMILES string of the molecule is CCCCc1ccc(-c2ccc(-c3nc4ccncc4c(C)c3N)cc2)cc1. The van der Waals surface area contributed by atoms with E-state index in [1.807, 2.05) is 19.2 Å².